The molecule has 3 heterocycles. The van der Waals surface area contributed by atoms with E-state index in [0.29, 0.717) is 51.3 Å². The van der Waals surface area contributed by atoms with Crippen LogP contribution in [0.4, 0.5) is 8.78 Å². The van der Waals surface area contributed by atoms with E-state index in [1.54, 1.807) is 6.92 Å². The zero-order chi connectivity index (χ0) is 28.3. The number of likely N-dealkylation sites (tertiary alicyclic amines) is 3. The summed E-state index contributed by atoms with van der Waals surface area (Å²) in [5.41, 5.74) is 0.215. The van der Waals surface area contributed by atoms with Gasteiger partial charge in [-0.15, -0.1) is 0 Å². The Kier molecular flexibility index (Phi) is 15.1. The van der Waals surface area contributed by atoms with E-state index < -0.39 is 11.8 Å². The summed E-state index contributed by atoms with van der Waals surface area (Å²) in [6, 6.07) is 1.08. The molecule has 6 nitrogen and oxygen atoms in total. The molecular formula is C29H57F2N3O3. The van der Waals surface area contributed by atoms with Crippen molar-refractivity contribution in [2.45, 2.75) is 122 Å². The van der Waals surface area contributed by atoms with Gasteiger partial charge in [-0.25, -0.2) is 8.78 Å². The Balaban J connectivity index is 0.000000278. The van der Waals surface area contributed by atoms with E-state index in [1.807, 2.05) is 51.6 Å². The molecule has 37 heavy (non-hydrogen) atoms. The summed E-state index contributed by atoms with van der Waals surface area (Å²) < 4.78 is 42.9. The molecule has 8 heteroatoms. The smallest absolute Gasteiger partial charge is 0.122 e. The minimum absolute atomic E-state index is 0.236. The van der Waals surface area contributed by atoms with E-state index in [9.17, 15) is 8.78 Å². The number of hydrogen-bond acceptors (Lipinski definition) is 6. The van der Waals surface area contributed by atoms with Crippen LogP contribution in [0.25, 0.3) is 0 Å². The van der Waals surface area contributed by atoms with Crippen molar-refractivity contribution in [3.8, 4) is 0 Å². The highest BCUT2D eigenvalue weighted by molar-refractivity contribution is 5.02. The molecule has 3 saturated heterocycles. The van der Waals surface area contributed by atoms with Gasteiger partial charge in [0.05, 0.1) is 44.2 Å². The molecule has 0 saturated carbocycles. The molecule has 0 bridgehead atoms. The van der Waals surface area contributed by atoms with Gasteiger partial charge in [0, 0.05) is 44.3 Å². The van der Waals surface area contributed by atoms with Gasteiger partial charge in [0.15, 0.2) is 0 Å². The number of alkyl halides is 2. The lowest BCUT2D eigenvalue weighted by atomic mass is 10.1. The summed E-state index contributed by atoms with van der Waals surface area (Å²) in [6.07, 6.45) is 3.71. The highest BCUT2D eigenvalue weighted by Crippen LogP contribution is 2.29. The molecular weight excluding hydrogens is 476 g/mol. The molecule has 0 amide bonds. The second-order valence-corrected chi connectivity index (χ2v) is 12.1. The predicted octanol–water partition coefficient (Wildman–Crippen LogP) is 5.32. The highest BCUT2D eigenvalue weighted by Gasteiger charge is 2.39. The topological polar surface area (TPSA) is 37.4 Å². The van der Waals surface area contributed by atoms with Gasteiger partial charge in [0.25, 0.3) is 0 Å². The van der Waals surface area contributed by atoms with E-state index in [-0.39, 0.29) is 24.3 Å². The van der Waals surface area contributed by atoms with Crippen LogP contribution in [0.2, 0.25) is 0 Å². The first-order valence-corrected chi connectivity index (χ1v) is 14.1. The minimum Gasteiger partial charge on any atom is -0.377 e. The standard InChI is InChI=1S/C10H20FNO.C10H19NO.C9H18FNO/c1-8(2)13-6-9-5-10(3,11)7-12(9)4;1-8(2)12-7-10-6-5-9(3)11(10)4;1-7(2)12-6-9-4-8(10)5-11(9)3/h8-9H,5-7H2,1-4H3;8,10H,3,5-7H2,1-2,4H3;7-9H,4-6H2,1-3H3. The van der Waals surface area contributed by atoms with E-state index in [0.717, 1.165) is 13.0 Å². The Morgan fingerprint density at radius 2 is 1.35 bits per heavy atom. The third-order valence-electron chi connectivity index (χ3n) is 7.18. The van der Waals surface area contributed by atoms with Gasteiger partial charge in [-0.1, -0.05) is 6.58 Å². The summed E-state index contributed by atoms with van der Waals surface area (Å²) in [7, 11) is 6.01. The van der Waals surface area contributed by atoms with Gasteiger partial charge in [0.1, 0.15) is 11.8 Å². The summed E-state index contributed by atoms with van der Waals surface area (Å²) in [4.78, 5) is 6.32. The molecule has 3 aliphatic heterocycles. The van der Waals surface area contributed by atoms with E-state index in [2.05, 4.69) is 32.4 Å². The fourth-order valence-electron chi connectivity index (χ4n) is 4.82. The highest BCUT2D eigenvalue weighted by atomic mass is 19.1. The van der Waals surface area contributed by atoms with E-state index in [4.69, 9.17) is 14.2 Å². The van der Waals surface area contributed by atoms with Crippen molar-refractivity contribution in [1.82, 2.24) is 14.7 Å². The van der Waals surface area contributed by atoms with Crippen LogP contribution < -0.4 is 0 Å². The van der Waals surface area contributed by atoms with E-state index in [1.165, 1.54) is 12.1 Å². The van der Waals surface area contributed by atoms with Crippen molar-refractivity contribution in [2.24, 2.45) is 0 Å². The van der Waals surface area contributed by atoms with Crippen LogP contribution in [0.5, 0.6) is 0 Å². The summed E-state index contributed by atoms with van der Waals surface area (Å²) in [6.45, 7) is 21.0. The Labute approximate surface area is 226 Å². The SMILES string of the molecule is C=C1CCC(COC(C)C)N1C.CC(C)OCC1CC(C)(F)CN1C.CC(C)OCC1CC(F)CN1C. The average molecular weight is 534 g/mol. The van der Waals surface area contributed by atoms with Crippen molar-refractivity contribution in [3.63, 3.8) is 0 Å². The fraction of sp³-hybridized carbons (Fsp3) is 0.931. The third kappa shape index (κ3) is 13.7. The maximum absolute atomic E-state index is 13.5. The molecule has 0 spiro atoms. The maximum Gasteiger partial charge on any atom is 0.122 e. The zero-order valence-electron chi connectivity index (χ0n) is 25.4. The Morgan fingerprint density at radius 1 is 0.865 bits per heavy atom. The molecule has 0 aromatic heterocycles. The molecule has 3 rings (SSSR count). The number of halogens is 2. The third-order valence-corrected chi connectivity index (χ3v) is 7.18. The molecule has 0 aromatic rings. The molecule has 5 atom stereocenters. The van der Waals surface area contributed by atoms with Crippen molar-refractivity contribution in [1.29, 1.82) is 0 Å². The quantitative estimate of drug-likeness (QED) is 0.400. The molecule has 0 aromatic carbocycles. The second-order valence-electron chi connectivity index (χ2n) is 12.1. The number of nitrogens with zero attached hydrogens (tertiary/aromatic N) is 3. The number of hydrogen-bond donors (Lipinski definition) is 0. The minimum atomic E-state index is -1.03. The van der Waals surface area contributed by atoms with Crippen molar-refractivity contribution in [3.05, 3.63) is 12.3 Å². The van der Waals surface area contributed by atoms with Crippen LogP contribution in [0.1, 0.15) is 74.1 Å². The van der Waals surface area contributed by atoms with Crippen molar-refractivity contribution >= 4 is 0 Å². The number of ether oxygens (including phenoxy) is 3. The predicted molar refractivity (Wildman–Crippen MR) is 150 cm³/mol. The van der Waals surface area contributed by atoms with E-state index >= 15 is 0 Å². The van der Waals surface area contributed by atoms with Gasteiger partial charge in [-0.05, 0) is 81.8 Å². The van der Waals surface area contributed by atoms with Crippen LogP contribution in [-0.4, -0.2) is 117 Å². The zero-order valence-corrected chi connectivity index (χ0v) is 25.4. The Hall–Kier alpha value is -0.800. The Morgan fingerprint density at radius 3 is 1.70 bits per heavy atom. The lowest BCUT2D eigenvalue weighted by molar-refractivity contribution is 0.0427. The molecule has 0 aliphatic carbocycles. The second kappa shape index (κ2) is 16.3. The van der Waals surface area contributed by atoms with Crippen LogP contribution in [0.3, 0.4) is 0 Å². The first kappa shape index (κ1) is 34.2. The van der Waals surface area contributed by atoms with Crippen LogP contribution >= 0.6 is 0 Å². The largest absolute Gasteiger partial charge is 0.377 e. The summed E-state index contributed by atoms with van der Waals surface area (Å²) in [5, 5.41) is 0. The summed E-state index contributed by atoms with van der Waals surface area (Å²) in [5.74, 6) is 0. The van der Waals surface area contributed by atoms with Crippen LogP contribution in [0, 0.1) is 0 Å². The van der Waals surface area contributed by atoms with Crippen LogP contribution in [-0.2, 0) is 14.2 Å². The van der Waals surface area contributed by atoms with Gasteiger partial charge in [-0.2, -0.15) is 0 Å². The Bertz CT molecular complexity index is 648. The van der Waals surface area contributed by atoms with Crippen LogP contribution in [0.15, 0.2) is 12.3 Å². The van der Waals surface area contributed by atoms with Gasteiger partial charge >= 0.3 is 0 Å². The molecule has 220 valence electrons. The number of rotatable bonds is 9. The van der Waals surface area contributed by atoms with Gasteiger partial charge in [-0.3, -0.25) is 9.80 Å². The number of allylic oxidation sites excluding steroid dienone is 1. The maximum atomic E-state index is 13.5. The molecule has 0 N–H and O–H groups in total. The lowest BCUT2D eigenvalue weighted by Crippen LogP contribution is -2.30. The van der Waals surface area contributed by atoms with Crippen molar-refractivity contribution in [2.75, 3.05) is 54.1 Å². The van der Waals surface area contributed by atoms with Crippen molar-refractivity contribution < 1.29 is 23.0 Å². The van der Waals surface area contributed by atoms with Gasteiger partial charge < -0.3 is 19.1 Å². The summed E-state index contributed by atoms with van der Waals surface area (Å²) >= 11 is 0. The number of likely N-dealkylation sites (N-methyl/N-ethyl adjacent to an activating group) is 3. The lowest BCUT2D eigenvalue weighted by Gasteiger charge is -2.23. The average Bonchev–Trinajstić information content (AvgIpc) is 3.37. The fourth-order valence-corrected chi connectivity index (χ4v) is 4.82. The van der Waals surface area contributed by atoms with Gasteiger partial charge in [0.2, 0.25) is 0 Å². The first-order chi connectivity index (χ1) is 17.1. The normalized spacial score (nSPS) is 30.8. The molecule has 3 aliphatic rings. The molecule has 0 radical (unpaired) electrons. The molecule has 3 fully saturated rings. The monoisotopic (exact) mass is 533 g/mol. The molecule has 5 unspecified atom stereocenters. The first-order valence-electron chi connectivity index (χ1n) is 14.1.